The molecule has 4 nitrogen and oxygen atoms in total. The van der Waals surface area contributed by atoms with Crippen LogP contribution >= 0.6 is 0 Å². The second-order valence-corrected chi connectivity index (χ2v) is 7.08. The van der Waals surface area contributed by atoms with Gasteiger partial charge >= 0.3 is 0 Å². The van der Waals surface area contributed by atoms with Crippen LogP contribution in [0.2, 0.25) is 0 Å². The minimum Gasteiger partial charge on any atom is -0.389 e. The molecule has 4 heteroatoms. The van der Waals surface area contributed by atoms with E-state index in [-0.39, 0.29) is 5.91 Å². The summed E-state index contributed by atoms with van der Waals surface area (Å²) in [5.41, 5.74) is 0. The molecule has 2 bridgehead atoms. The number of nitrogens with one attached hydrogen (secondary N) is 1. The molecule has 0 aromatic heterocycles. The molecule has 0 saturated heterocycles. The van der Waals surface area contributed by atoms with E-state index in [1.807, 2.05) is 0 Å². The number of rotatable bonds is 8. The lowest BCUT2D eigenvalue weighted by Gasteiger charge is -2.21. The average molecular weight is 281 g/mol. The quantitative estimate of drug-likeness (QED) is 0.712. The van der Waals surface area contributed by atoms with Crippen LogP contribution in [0.5, 0.6) is 0 Å². The van der Waals surface area contributed by atoms with Crippen molar-refractivity contribution in [1.82, 2.24) is 5.32 Å². The highest BCUT2D eigenvalue weighted by Gasteiger charge is 2.40. The molecule has 0 unspecified atom stereocenters. The molecular formula is C16H27NO3. The van der Waals surface area contributed by atoms with Gasteiger partial charge in [0.1, 0.15) is 0 Å². The van der Waals surface area contributed by atoms with Gasteiger partial charge in [0.25, 0.3) is 0 Å². The molecule has 3 rings (SSSR count). The molecule has 0 spiro atoms. The van der Waals surface area contributed by atoms with Crippen molar-refractivity contribution >= 4 is 5.91 Å². The summed E-state index contributed by atoms with van der Waals surface area (Å²) < 4.78 is 5.42. The Hall–Kier alpha value is -0.610. The molecule has 3 aliphatic rings. The van der Waals surface area contributed by atoms with E-state index in [9.17, 15) is 9.90 Å². The molecular weight excluding hydrogens is 254 g/mol. The predicted octanol–water partition coefficient (Wildman–Crippen LogP) is 1.72. The van der Waals surface area contributed by atoms with Gasteiger partial charge in [-0.2, -0.15) is 0 Å². The number of fused-ring (bicyclic) bond motifs is 2. The van der Waals surface area contributed by atoms with Gasteiger partial charge in [-0.05, 0) is 55.8 Å². The van der Waals surface area contributed by atoms with E-state index in [4.69, 9.17) is 4.74 Å². The predicted molar refractivity (Wildman–Crippen MR) is 76.1 cm³/mol. The van der Waals surface area contributed by atoms with Crippen LogP contribution < -0.4 is 5.32 Å². The number of hydrogen-bond acceptors (Lipinski definition) is 3. The molecule has 0 aromatic carbocycles. The second-order valence-electron chi connectivity index (χ2n) is 7.08. The maximum Gasteiger partial charge on any atom is 0.220 e. The van der Waals surface area contributed by atoms with Crippen LogP contribution in [-0.2, 0) is 9.53 Å². The third-order valence-electron chi connectivity index (χ3n) is 5.23. The van der Waals surface area contributed by atoms with Gasteiger partial charge in [-0.3, -0.25) is 4.79 Å². The highest BCUT2D eigenvalue weighted by Crippen LogP contribution is 2.49. The molecule has 3 fully saturated rings. The van der Waals surface area contributed by atoms with Crippen LogP contribution in [0, 0.1) is 23.7 Å². The van der Waals surface area contributed by atoms with Gasteiger partial charge in [-0.1, -0.05) is 6.42 Å². The minimum atomic E-state index is -0.572. The zero-order valence-electron chi connectivity index (χ0n) is 12.2. The maximum atomic E-state index is 11.9. The average Bonchev–Trinajstić information content (AvgIpc) is 3.01. The number of aliphatic hydroxyl groups excluding tert-OH is 1. The Morgan fingerprint density at radius 3 is 2.75 bits per heavy atom. The topological polar surface area (TPSA) is 58.6 Å². The van der Waals surface area contributed by atoms with E-state index < -0.39 is 6.10 Å². The largest absolute Gasteiger partial charge is 0.389 e. The molecule has 0 aliphatic heterocycles. The lowest BCUT2D eigenvalue weighted by molar-refractivity contribution is -0.123. The number of aliphatic hydroxyl groups is 1. The highest BCUT2D eigenvalue weighted by atomic mass is 16.5. The Bertz CT molecular complexity index is 343. The number of ether oxygens (including phenoxy) is 1. The fourth-order valence-corrected chi connectivity index (χ4v) is 3.88. The maximum absolute atomic E-state index is 11.9. The van der Waals surface area contributed by atoms with Gasteiger partial charge in [0.05, 0.1) is 12.7 Å². The Labute approximate surface area is 121 Å². The van der Waals surface area contributed by atoms with Crippen molar-refractivity contribution < 1.29 is 14.6 Å². The van der Waals surface area contributed by atoms with Gasteiger partial charge in [0, 0.05) is 19.6 Å². The Morgan fingerprint density at radius 1 is 1.25 bits per heavy atom. The molecule has 0 heterocycles. The van der Waals surface area contributed by atoms with Crippen LogP contribution in [-0.4, -0.2) is 36.9 Å². The van der Waals surface area contributed by atoms with E-state index in [1.165, 1.54) is 38.5 Å². The van der Waals surface area contributed by atoms with Crippen LogP contribution in [0.4, 0.5) is 0 Å². The van der Waals surface area contributed by atoms with Crippen molar-refractivity contribution in [2.24, 2.45) is 23.7 Å². The molecule has 0 radical (unpaired) electrons. The third-order valence-corrected chi connectivity index (χ3v) is 5.23. The van der Waals surface area contributed by atoms with Crippen molar-refractivity contribution in [1.29, 1.82) is 0 Å². The molecule has 114 valence electrons. The SMILES string of the molecule is O=C(C[C@@H]1C[C@H]2CC[C@H]1C2)NC[C@@H](O)COCC1CC1. The van der Waals surface area contributed by atoms with Crippen molar-refractivity contribution in [3.8, 4) is 0 Å². The fourth-order valence-electron chi connectivity index (χ4n) is 3.88. The zero-order chi connectivity index (χ0) is 13.9. The van der Waals surface area contributed by atoms with Crippen LogP contribution in [0.25, 0.3) is 0 Å². The number of amides is 1. The monoisotopic (exact) mass is 281 g/mol. The Morgan fingerprint density at radius 2 is 2.10 bits per heavy atom. The highest BCUT2D eigenvalue weighted by molar-refractivity contribution is 5.76. The van der Waals surface area contributed by atoms with Gasteiger partial charge in [-0.15, -0.1) is 0 Å². The van der Waals surface area contributed by atoms with Crippen LogP contribution in [0.15, 0.2) is 0 Å². The first-order valence-electron chi connectivity index (χ1n) is 8.23. The molecule has 20 heavy (non-hydrogen) atoms. The normalized spacial score (nSPS) is 33.4. The van der Waals surface area contributed by atoms with Crippen molar-refractivity contribution in [2.45, 2.75) is 51.0 Å². The smallest absolute Gasteiger partial charge is 0.220 e. The van der Waals surface area contributed by atoms with Gasteiger partial charge in [0.15, 0.2) is 0 Å². The van der Waals surface area contributed by atoms with Crippen molar-refractivity contribution in [3.63, 3.8) is 0 Å². The Kier molecular flexibility index (Phi) is 4.61. The summed E-state index contributed by atoms with van der Waals surface area (Å²) >= 11 is 0. The molecule has 3 aliphatic carbocycles. The third kappa shape index (κ3) is 3.95. The first-order valence-corrected chi connectivity index (χ1v) is 8.23. The molecule has 2 N–H and O–H groups in total. The van der Waals surface area contributed by atoms with Gasteiger partial charge in [-0.25, -0.2) is 0 Å². The van der Waals surface area contributed by atoms with Crippen LogP contribution in [0.1, 0.15) is 44.9 Å². The minimum absolute atomic E-state index is 0.101. The fraction of sp³-hybridized carbons (Fsp3) is 0.938. The lowest BCUT2D eigenvalue weighted by atomic mass is 9.86. The summed E-state index contributed by atoms with van der Waals surface area (Å²) in [6, 6.07) is 0. The second kappa shape index (κ2) is 6.44. The van der Waals surface area contributed by atoms with Crippen molar-refractivity contribution in [2.75, 3.05) is 19.8 Å². The summed E-state index contributed by atoms with van der Waals surface area (Å²) in [7, 11) is 0. The summed E-state index contributed by atoms with van der Waals surface area (Å²) in [4.78, 5) is 11.9. The molecule has 1 amide bonds. The van der Waals surface area contributed by atoms with E-state index in [2.05, 4.69) is 5.32 Å². The number of carbonyl (C=O) groups excluding carboxylic acids is 1. The van der Waals surface area contributed by atoms with E-state index in [1.54, 1.807) is 0 Å². The van der Waals surface area contributed by atoms with Crippen LogP contribution in [0.3, 0.4) is 0 Å². The van der Waals surface area contributed by atoms with E-state index in [0.717, 1.165) is 24.4 Å². The standard InChI is InChI=1S/C16H27NO3/c18-15(10-20-9-11-1-2-11)8-17-16(19)7-14-6-12-3-4-13(14)5-12/h11-15,18H,1-10H2,(H,17,19)/t12-,13-,14-,15+/m0/s1. The summed E-state index contributed by atoms with van der Waals surface area (Å²) in [6.07, 6.45) is 7.88. The molecule has 4 atom stereocenters. The lowest BCUT2D eigenvalue weighted by Crippen LogP contribution is -2.36. The summed E-state index contributed by atoms with van der Waals surface area (Å²) in [6.45, 7) is 1.42. The van der Waals surface area contributed by atoms with E-state index >= 15 is 0 Å². The number of carbonyl (C=O) groups is 1. The summed E-state index contributed by atoms with van der Waals surface area (Å²) in [5.74, 6) is 3.09. The first kappa shape index (κ1) is 14.3. The first-order chi connectivity index (χ1) is 9.70. The van der Waals surface area contributed by atoms with Crippen molar-refractivity contribution in [3.05, 3.63) is 0 Å². The number of hydrogen-bond donors (Lipinski definition) is 2. The van der Waals surface area contributed by atoms with Gasteiger partial charge < -0.3 is 15.2 Å². The summed E-state index contributed by atoms with van der Waals surface area (Å²) in [5, 5.41) is 12.6. The zero-order valence-corrected chi connectivity index (χ0v) is 12.2. The molecule has 0 aromatic rings. The van der Waals surface area contributed by atoms with Gasteiger partial charge in [0.2, 0.25) is 5.91 Å². The Balaban J connectivity index is 1.26. The van der Waals surface area contributed by atoms with E-state index in [0.29, 0.717) is 25.5 Å². The molecule has 3 saturated carbocycles.